The molecule has 2 aromatic carbocycles. The molecule has 2 N–H and O–H groups in total. The van der Waals surface area contributed by atoms with E-state index in [9.17, 15) is 18.0 Å². The van der Waals surface area contributed by atoms with Gasteiger partial charge in [0.2, 0.25) is 0 Å². The molecule has 1 fully saturated rings. The van der Waals surface area contributed by atoms with Crippen LogP contribution in [-0.2, 0) is 11.3 Å². The molecule has 1 aromatic heterocycles. The van der Waals surface area contributed by atoms with Crippen molar-refractivity contribution in [2.45, 2.75) is 31.5 Å². The summed E-state index contributed by atoms with van der Waals surface area (Å²) in [6.45, 7) is 2.86. The molecule has 9 heteroatoms. The number of para-hydroxylation sites is 1. The van der Waals surface area contributed by atoms with Crippen molar-refractivity contribution in [1.29, 1.82) is 0 Å². The molecule has 0 saturated carbocycles. The quantitative estimate of drug-likeness (QED) is 0.573. The molecular formula is C23H22F3NO5. The Bertz CT molecular complexity index is 1040. The number of aliphatic carboxylic acids is 1. The summed E-state index contributed by atoms with van der Waals surface area (Å²) in [4.78, 5) is 22.3. The van der Waals surface area contributed by atoms with Gasteiger partial charge in [-0.3, -0.25) is 4.90 Å². The van der Waals surface area contributed by atoms with Gasteiger partial charge in [0, 0.05) is 11.9 Å². The second kappa shape index (κ2) is 9.86. The first-order valence-corrected chi connectivity index (χ1v) is 9.96. The molecule has 2 heterocycles. The minimum atomic E-state index is -5.08. The zero-order valence-electron chi connectivity index (χ0n) is 17.0. The monoisotopic (exact) mass is 449 g/mol. The highest BCUT2D eigenvalue weighted by atomic mass is 19.4. The molecule has 3 aromatic rings. The summed E-state index contributed by atoms with van der Waals surface area (Å²) < 4.78 is 37.7. The van der Waals surface area contributed by atoms with E-state index in [1.807, 2.05) is 30.3 Å². The van der Waals surface area contributed by atoms with Gasteiger partial charge in [0.25, 0.3) is 0 Å². The maximum absolute atomic E-state index is 11.0. The lowest BCUT2D eigenvalue weighted by Crippen LogP contribution is -2.33. The molecule has 1 unspecified atom stereocenters. The van der Waals surface area contributed by atoms with Crippen molar-refractivity contribution in [3.8, 4) is 0 Å². The van der Waals surface area contributed by atoms with Crippen molar-refractivity contribution in [3.05, 3.63) is 71.5 Å². The number of hydrogen-bond donors (Lipinski definition) is 2. The number of fused-ring (bicyclic) bond motifs is 1. The minimum absolute atomic E-state index is 0.346. The fourth-order valence-electron chi connectivity index (χ4n) is 3.70. The molecule has 0 aliphatic carbocycles. The van der Waals surface area contributed by atoms with Crippen LogP contribution < -0.4 is 0 Å². The molecule has 0 amide bonds. The fraction of sp³-hybridized carbons (Fsp3) is 0.304. The second-order valence-corrected chi connectivity index (χ2v) is 7.55. The zero-order valence-corrected chi connectivity index (χ0v) is 17.0. The van der Waals surface area contributed by atoms with E-state index in [0.717, 1.165) is 49.2 Å². The lowest BCUT2D eigenvalue weighted by molar-refractivity contribution is -0.192. The Kier molecular flexibility index (Phi) is 7.19. The summed E-state index contributed by atoms with van der Waals surface area (Å²) in [6, 6.07) is 17.5. The Morgan fingerprint density at radius 3 is 2.31 bits per heavy atom. The van der Waals surface area contributed by atoms with Gasteiger partial charge in [-0.2, -0.15) is 13.2 Å². The number of nitrogens with zero attached hydrogens (tertiary/aromatic N) is 1. The Hall–Kier alpha value is -3.33. The van der Waals surface area contributed by atoms with Crippen LogP contribution in [0.5, 0.6) is 0 Å². The third-order valence-electron chi connectivity index (χ3n) is 5.23. The summed E-state index contributed by atoms with van der Waals surface area (Å²) in [7, 11) is 0. The van der Waals surface area contributed by atoms with Crippen molar-refractivity contribution in [2.24, 2.45) is 0 Å². The predicted octanol–water partition coefficient (Wildman–Crippen LogP) is 5.14. The van der Waals surface area contributed by atoms with Gasteiger partial charge in [-0.15, -0.1) is 0 Å². The third-order valence-corrected chi connectivity index (χ3v) is 5.23. The highest BCUT2D eigenvalue weighted by molar-refractivity contribution is 5.87. The summed E-state index contributed by atoms with van der Waals surface area (Å²) >= 11 is 0. The predicted molar refractivity (Wildman–Crippen MR) is 111 cm³/mol. The summed E-state index contributed by atoms with van der Waals surface area (Å²) in [6.07, 6.45) is -2.80. The van der Waals surface area contributed by atoms with Gasteiger partial charge >= 0.3 is 18.1 Å². The van der Waals surface area contributed by atoms with Gasteiger partial charge in [-0.05, 0) is 55.1 Å². The van der Waals surface area contributed by atoms with Crippen LogP contribution in [-0.4, -0.2) is 46.3 Å². The van der Waals surface area contributed by atoms with Crippen LogP contribution in [0, 0.1) is 0 Å². The number of piperidine rings is 1. The maximum atomic E-state index is 11.0. The normalized spacial score (nSPS) is 16.9. The molecule has 1 aliphatic heterocycles. The minimum Gasteiger partial charge on any atom is -0.478 e. The number of rotatable bonds is 4. The number of carbonyl (C=O) groups is 2. The molecular weight excluding hydrogens is 427 g/mol. The number of benzene rings is 2. The van der Waals surface area contributed by atoms with Crippen LogP contribution in [0.4, 0.5) is 13.2 Å². The van der Waals surface area contributed by atoms with E-state index >= 15 is 0 Å². The van der Waals surface area contributed by atoms with Gasteiger partial charge < -0.3 is 14.6 Å². The topological polar surface area (TPSA) is 91.0 Å². The smallest absolute Gasteiger partial charge is 0.478 e. The molecule has 6 nitrogen and oxygen atoms in total. The number of likely N-dealkylation sites (tertiary alicyclic amines) is 1. The molecule has 170 valence electrons. The maximum Gasteiger partial charge on any atom is 0.490 e. The molecule has 1 saturated heterocycles. The van der Waals surface area contributed by atoms with Gasteiger partial charge in [0.1, 0.15) is 11.3 Å². The van der Waals surface area contributed by atoms with Crippen molar-refractivity contribution in [3.63, 3.8) is 0 Å². The summed E-state index contributed by atoms with van der Waals surface area (Å²) in [5.41, 5.74) is 2.51. The standard InChI is InChI=1S/C21H21NO3.C2HF3O2/c23-21(24)16-9-7-15(8-10-16)18-5-3-11-22(13-18)14-19-12-17-4-1-2-6-20(17)25-19;3-2(4,5)1(6)7/h1-2,4,6-10,12,18H,3,5,11,13-14H2,(H,23,24);(H,6,7). The SMILES string of the molecule is O=C(O)C(F)(F)F.O=C(O)c1ccc(C2CCCN(Cc3cc4ccccc4o3)C2)cc1. The van der Waals surface area contributed by atoms with Crippen LogP contribution >= 0.6 is 0 Å². The summed E-state index contributed by atoms with van der Waals surface area (Å²) in [5.74, 6) is -2.18. The second-order valence-electron chi connectivity index (χ2n) is 7.55. The molecule has 0 bridgehead atoms. The number of halogens is 3. The number of carboxylic acid groups (broad SMARTS) is 2. The lowest BCUT2D eigenvalue weighted by atomic mass is 9.90. The van der Waals surface area contributed by atoms with Crippen molar-refractivity contribution in [1.82, 2.24) is 4.90 Å². The highest BCUT2D eigenvalue weighted by Gasteiger charge is 2.38. The average molecular weight is 449 g/mol. The number of alkyl halides is 3. The third kappa shape index (κ3) is 6.10. The molecule has 1 aliphatic rings. The van der Waals surface area contributed by atoms with E-state index in [1.165, 1.54) is 5.56 Å². The molecule has 0 radical (unpaired) electrons. The summed E-state index contributed by atoms with van der Waals surface area (Å²) in [5, 5.41) is 17.3. The molecule has 32 heavy (non-hydrogen) atoms. The lowest BCUT2D eigenvalue weighted by Gasteiger charge is -2.32. The van der Waals surface area contributed by atoms with E-state index < -0.39 is 18.1 Å². The Labute approximate surface area is 181 Å². The van der Waals surface area contributed by atoms with Crippen molar-refractivity contribution < 1.29 is 37.4 Å². The van der Waals surface area contributed by atoms with Crippen molar-refractivity contribution >= 4 is 22.9 Å². The first-order chi connectivity index (χ1) is 15.1. The van der Waals surface area contributed by atoms with Crippen LogP contribution in [0.2, 0.25) is 0 Å². The first-order valence-electron chi connectivity index (χ1n) is 9.96. The van der Waals surface area contributed by atoms with E-state index in [2.05, 4.69) is 17.0 Å². The highest BCUT2D eigenvalue weighted by Crippen LogP contribution is 2.29. The van der Waals surface area contributed by atoms with E-state index in [1.54, 1.807) is 12.1 Å². The molecule has 0 spiro atoms. The zero-order chi connectivity index (χ0) is 23.3. The average Bonchev–Trinajstić information content (AvgIpc) is 3.16. The van der Waals surface area contributed by atoms with Gasteiger partial charge in [0.15, 0.2) is 0 Å². The Balaban J connectivity index is 0.000000360. The van der Waals surface area contributed by atoms with Gasteiger partial charge in [-0.1, -0.05) is 30.3 Å². The van der Waals surface area contributed by atoms with Crippen LogP contribution in [0.1, 0.15) is 40.4 Å². The van der Waals surface area contributed by atoms with E-state index in [4.69, 9.17) is 19.4 Å². The van der Waals surface area contributed by atoms with Crippen LogP contribution in [0.15, 0.2) is 59.0 Å². The van der Waals surface area contributed by atoms with E-state index in [0.29, 0.717) is 11.5 Å². The van der Waals surface area contributed by atoms with Crippen LogP contribution in [0.3, 0.4) is 0 Å². The van der Waals surface area contributed by atoms with Crippen molar-refractivity contribution in [2.75, 3.05) is 13.1 Å². The fourth-order valence-corrected chi connectivity index (χ4v) is 3.70. The largest absolute Gasteiger partial charge is 0.490 e. The Morgan fingerprint density at radius 1 is 1.06 bits per heavy atom. The first kappa shape index (κ1) is 23.3. The van der Waals surface area contributed by atoms with Gasteiger partial charge in [-0.25, -0.2) is 9.59 Å². The Morgan fingerprint density at radius 2 is 1.72 bits per heavy atom. The van der Waals surface area contributed by atoms with E-state index in [-0.39, 0.29) is 0 Å². The molecule has 1 atom stereocenters. The van der Waals surface area contributed by atoms with Gasteiger partial charge in [0.05, 0.1) is 12.1 Å². The number of furan rings is 1. The van der Waals surface area contributed by atoms with Crippen LogP contribution in [0.25, 0.3) is 11.0 Å². The number of hydrogen-bond acceptors (Lipinski definition) is 4. The number of aromatic carboxylic acids is 1. The molecule has 4 rings (SSSR count). The number of carboxylic acids is 2.